The van der Waals surface area contributed by atoms with E-state index in [2.05, 4.69) is 20.6 Å². The molecule has 29 heavy (non-hydrogen) atoms. The number of carbonyl (C=O) groups excluding carboxylic acids is 1. The van der Waals surface area contributed by atoms with Gasteiger partial charge < -0.3 is 25.0 Å². The fraction of sp³-hybridized carbons (Fsp3) is 0.381. The molecule has 1 aromatic carbocycles. The molecule has 1 amide bonds. The molecule has 156 valence electrons. The molecule has 0 aliphatic rings. The predicted octanol–water partition coefficient (Wildman–Crippen LogP) is 1.67. The Bertz CT molecular complexity index is 806. The molecule has 0 radical (unpaired) electrons. The van der Waals surface area contributed by atoms with Gasteiger partial charge in [-0.25, -0.2) is 4.98 Å². The summed E-state index contributed by atoms with van der Waals surface area (Å²) in [4.78, 5) is 22.0. The fourth-order valence-electron chi connectivity index (χ4n) is 2.52. The van der Waals surface area contributed by atoms with Crippen molar-refractivity contribution >= 4 is 11.9 Å². The third-order valence-corrected chi connectivity index (χ3v) is 4.11. The van der Waals surface area contributed by atoms with Gasteiger partial charge in [-0.1, -0.05) is 18.2 Å². The number of pyridine rings is 1. The molecule has 8 nitrogen and oxygen atoms in total. The number of nitrogens with one attached hydrogen (secondary N) is 2. The van der Waals surface area contributed by atoms with E-state index in [9.17, 15) is 4.79 Å². The van der Waals surface area contributed by atoms with Crippen molar-refractivity contribution in [1.29, 1.82) is 0 Å². The average molecular weight is 399 g/mol. The van der Waals surface area contributed by atoms with Crippen LogP contribution in [-0.2, 0) is 17.8 Å². The number of aromatic nitrogens is 1. The fourth-order valence-corrected chi connectivity index (χ4v) is 2.52. The third-order valence-electron chi connectivity index (χ3n) is 4.11. The SMILES string of the molecule is CN=C(NCc1ccc(C(=O)N(C)C)cc1)NCc1cccnc1OCCOC. The van der Waals surface area contributed by atoms with Crippen LogP contribution in [0.25, 0.3) is 0 Å². The lowest BCUT2D eigenvalue weighted by atomic mass is 10.1. The van der Waals surface area contributed by atoms with Crippen LogP contribution < -0.4 is 15.4 Å². The highest BCUT2D eigenvalue weighted by molar-refractivity contribution is 5.93. The summed E-state index contributed by atoms with van der Waals surface area (Å²) in [5, 5.41) is 6.52. The summed E-state index contributed by atoms with van der Waals surface area (Å²) >= 11 is 0. The van der Waals surface area contributed by atoms with Crippen LogP contribution >= 0.6 is 0 Å². The van der Waals surface area contributed by atoms with Gasteiger partial charge >= 0.3 is 0 Å². The molecule has 0 fully saturated rings. The van der Waals surface area contributed by atoms with E-state index in [4.69, 9.17) is 9.47 Å². The summed E-state index contributed by atoms with van der Waals surface area (Å²) in [5.41, 5.74) is 2.64. The summed E-state index contributed by atoms with van der Waals surface area (Å²) in [6.07, 6.45) is 1.70. The van der Waals surface area contributed by atoms with Crippen molar-refractivity contribution in [2.45, 2.75) is 13.1 Å². The number of hydrogen-bond donors (Lipinski definition) is 2. The number of ether oxygens (including phenoxy) is 2. The average Bonchev–Trinajstić information content (AvgIpc) is 2.74. The summed E-state index contributed by atoms with van der Waals surface area (Å²) in [7, 11) is 6.83. The van der Waals surface area contributed by atoms with E-state index in [0.29, 0.717) is 43.7 Å². The number of rotatable bonds is 9. The number of aliphatic imine (C=N–C) groups is 1. The third kappa shape index (κ3) is 7.08. The number of methoxy groups -OCH3 is 1. The quantitative estimate of drug-likeness (QED) is 0.379. The lowest BCUT2D eigenvalue weighted by molar-refractivity contribution is 0.0827. The molecule has 0 spiro atoms. The van der Waals surface area contributed by atoms with Crippen LogP contribution in [0, 0.1) is 0 Å². The molecule has 0 aliphatic heterocycles. The van der Waals surface area contributed by atoms with Crippen LogP contribution in [0.2, 0.25) is 0 Å². The number of amides is 1. The Hall–Kier alpha value is -3.13. The lowest BCUT2D eigenvalue weighted by Crippen LogP contribution is -2.36. The second-order valence-electron chi connectivity index (χ2n) is 6.48. The zero-order chi connectivity index (χ0) is 21.1. The van der Waals surface area contributed by atoms with Gasteiger partial charge in [0.1, 0.15) is 6.61 Å². The zero-order valence-corrected chi connectivity index (χ0v) is 17.4. The van der Waals surface area contributed by atoms with Crippen molar-refractivity contribution in [3.05, 3.63) is 59.3 Å². The second kappa shape index (κ2) is 11.7. The van der Waals surface area contributed by atoms with Gasteiger partial charge in [0.25, 0.3) is 5.91 Å². The topological polar surface area (TPSA) is 88.1 Å². The molecule has 0 saturated heterocycles. The Morgan fingerprint density at radius 1 is 1.10 bits per heavy atom. The van der Waals surface area contributed by atoms with Crippen molar-refractivity contribution in [2.75, 3.05) is 41.5 Å². The van der Waals surface area contributed by atoms with E-state index < -0.39 is 0 Å². The number of guanidine groups is 1. The van der Waals surface area contributed by atoms with Crippen molar-refractivity contribution in [3.63, 3.8) is 0 Å². The van der Waals surface area contributed by atoms with E-state index in [1.54, 1.807) is 39.3 Å². The maximum absolute atomic E-state index is 12.0. The smallest absolute Gasteiger partial charge is 0.253 e. The summed E-state index contributed by atoms with van der Waals surface area (Å²) < 4.78 is 10.7. The minimum atomic E-state index is -0.0121. The molecule has 1 heterocycles. The molecule has 0 aliphatic carbocycles. The maximum atomic E-state index is 12.0. The molecule has 2 aromatic rings. The monoisotopic (exact) mass is 399 g/mol. The second-order valence-corrected chi connectivity index (χ2v) is 6.48. The Labute approximate surface area is 172 Å². The van der Waals surface area contributed by atoms with Crippen LogP contribution in [0.5, 0.6) is 5.88 Å². The van der Waals surface area contributed by atoms with Crippen molar-refractivity contribution in [1.82, 2.24) is 20.5 Å². The molecule has 0 saturated carbocycles. The van der Waals surface area contributed by atoms with Gasteiger partial charge in [-0.2, -0.15) is 0 Å². The Morgan fingerprint density at radius 2 is 1.83 bits per heavy atom. The van der Waals surface area contributed by atoms with Gasteiger partial charge in [0.15, 0.2) is 5.96 Å². The highest BCUT2D eigenvalue weighted by atomic mass is 16.5. The Balaban J connectivity index is 1.88. The predicted molar refractivity (Wildman–Crippen MR) is 113 cm³/mol. The molecule has 0 unspecified atom stereocenters. The van der Waals surface area contributed by atoms with Crippen molar-refractivity contribution in [3.8, 4) is 5.88 Å². The number of hydrogen-bond acceptors (Lipinski definition) is 5. The molecule has 2 N–H and O–H groups in total. The Kier molecular flexibility index (Phi) is 8.91. The highest BCUT2D eigenvalue weighted by Gasteiger charge is 2.08. The van der Waals surface area contributed by atoms with Gasteiger partial charge in [0, 0.05) is 58.7 Å². The van der Waals surface area contributed by atoms with Crippen LogP contribution in [0.4, 0.5) is 0 Å². The lowest BCUT2D eigenvalue weighted by Gasteiger charge is -2.14. The van der Waals surface area contributed by atoms with Gasteiger partial charge in [-0.05, 0) is 23.8 Å². The molecule has 0 atom stereocenters. The maximum Gasteiger partial charge on any atom is 0.253 e. The minimum Gasteiger partial charge on any atom is -0.475 e. The number of carbonyl (C=O) groups is 1. The minimum absolute atomic E-state index is 0.0121. The van der Waals surface area contributed by atoms with Gasteiger partial charge in [0.2, 0.25) is 5.88 Å². The number of nitrogens with zero attached hydrogens (tertiary/aromatic N) is 3. The van der Waals surface area contributed by atoms with Crippen LogP contribution in [0.15, 0.2) is 47.6 Å². The van der Waals surface area contributed by atoms with Crippen LogP contribution in [0.3, 0.4) is 0 Å². The highest BCUT2D eigenvalue weighted by Crippen LogP contribution is 2.13. The Morgan fingerprint density at radius 3 is 2.48 bits per heavy atom. The summed E-state index contributed by atoms with van der Waals surface area (Å²) in [6, 6.07) is 11.3. The first-order chi connectivity index (χ1) is 14.0. The van der Waals surface area contributed by atoms with Gasteiger partial charge in [-0.15, -0.1) is 0 Å². The first kappa shape index (κ1) is 22.2. The molecule has 8 heteroatoms. The van der Waals surface area contributed by atoms with Crippen molar-refractivity contribution in [2.24, 2.45) is 4.99 Å². The molecular formula is C21H29N5O3. The van der Waals surface area contributed by atoms with E-state index >= 15 is 0 Å². The molecule has 0 bridgehead atoms. The van der Waals surface area contributed by atoms with E-state index in [0.717, 1.165) is 11.1 Å². The summed E-state index contributed by atoms with van der Waals surface area (Å²) in [6.45, 7) is 2.05. The van der Waals surface area contributed by atoms with E-state index in [-0.39, 0.29) is 5.91 Å². The normalized spacial score (nSPS) is 11.1. The van der Waals surface area contributed by atoms with Gasteiger partial charge in [0.05, 0.1) is 6.61 Å². The van der Waals surface area contributed by atoms with E-state index in [1.165, 1.54) is 0 Å². The van der Waals surface area contributed by atoms with Gasteiger partial charge in [-0.3, -0.25) is 9.79 Å². The van der Waals surface area contributed by atoms with Crippen molar-refractivity contribution < 1.29 is 14.3 Å². The largest absolute Gasteiger partial charge is 0.475 e. The first-order valence-electron chi connectivity index (χ1n) is 9.36. The molecular weight excluding hydrogens is 370 g/mol. The first-order valence-corrected chi connectivity index (χ1v) is 9.36. The van der Waals surface area contributed by atoms with Crippen LogP contribution in [-0.4, -0.2) is 63.2 Å². The van der Waals surface area contributed by atoms with E-state index in [1.807, 2.05) is 36.4 Å². The molecule has 2 rings (SSSR count). The molecule has 1 aromatic heterocycles. The number of benzene rings is 1. The summed E-state index contributed by atoms with van der Waals surface area (Å²) in [5.74, 6) is 1.22. The standard InChI is InChI=1S/C21H29N5O3/c1-22-21(24-14-16-7-9-17(10-8-16)20(27)26(2)3)25-15-18-6-5-11-23-19(18)29-13-12-28-4/h5-11H,12-15H2,1-4H3,(H2,22,24,25). The zero-order valence-electron chi connectivity index (χ0n) is 17.4. The van der Waals surface area contributed by atoms with Crippen LogP contribution in [0.1, 0.15) is 21.5 Å².